The number of rotatable bonds is 3. The van der Waals surface area contributed by atoms with Crippen molar-refractivity contribution in [2.24, 2.45) is 0 Å². The van der Waals surface area contributed by atoms with E-state index in [1.54, 1.807) is 18.2 Å². The molecule has 1 aromatic carbocycles. The lowest BCUT2D eigenvalue weighted by atomic mass is 10.3. The van der Waals surface area contributed by atoms with Gasteiger partial charge in [-0.05, 0) is 37.3 Å². The van der Waals surface area contributed by atoms with Gasteiger partial charge >= 0.3 is 0 Å². The second kappa shape index (κ2) is 5.31. The zero-order valence-corrected chi connectivity index (χ0v) is 12.1. The minimum Gasteiger partial charge on any atom is -0.482 e. The van der Waals surface area contributed by atoms with Crippen molar-refractivity contribution in [3.05, 3.63) is 52.0 Å². The Morgan fingerprint density at radius 1 is 1.15 bits per heavy atom. The largest absolute Gasteiger partial charge is 0.482 e. The quantitative estimate of drug-likeness (QED) is 0.718. The van der Waals surface area contributed by atoms with E-state index >= 15 is 0 Å². The Balaban J connectivity index is 1.79. The SMILES string of the molecule is Cc1ccc2oc(COc3ccc(Cl)cc3Cl)nc2n1. The molecule has 102 valence electrons. The van der Waals surface area contributed by atoms with Gasteiger partial charge in [-0.15, -0.1) is 0 Å². The van der Waals surface area contributed by atoms with Gasteiger partial charge in [-0.3, -0.25) is 0 Å². The van der Waals surface area contributed by atoms with Crippen molar-refractivity contribution < 1.29 is 9.15 Å². The number of aryl methyl sites for hydroxylation is 1. The molecule has 0 saturated carbocycles. The van der Waals surface area contributed by atoms with Crippen LogP contribution in [0.4, 0.5) is 0 Å². The first-order valence-corrected chi connectivity index (χ1v) is 6.68. The highest BCUT2D eigenvalue weighted by molar-refractivity contribution is 6.35. The summed E-state index contributed by atoms with van der Waals surface area (Å²) in [6.45, 7) is 2.08. The van der Waals surface area contributed by atoms with Crippen molar-refractivity contribution >= 4 is 34.4 Å². The Bertz CT molecular complexity index is 771. The zero-order valence-electron chi connectivity index (χ0n) is 10.6. The Kier molecular flexibility index (Phi) is 3.51. The second-order valence-corrected chi connectivity index (χ2v) is 5.09. The van der Waals surface area contributed by atoms with Crippen molar-refractivity contribution in [3.63, 3.8) is 0 Å². The standard InChI is InChI=1S/C14H10Cl2N2O2/c1-8-2-4-12-14(17-8)18-13(20-12)7-19-11-5-3-9(15)6-10(11)16/h2-6H,7H2,1H3. The minimum atomic E-state index is 0.177. The Morgan fingerprint density at radius 2 is 2.00 bits per heavy atom. The summed E-state index contributed by atoms with van der Waals surface area (Å²) >= 11 is 11.8. The van der Waals surface area contributed by atoms with Gasteiger partial charge in [0, 0.05) is 10.7 Å². The number of benzene rings is 1. The molecule has 2 aromatic heterocycles. The van der Waals surface area contributed by atoms with Gasteiger partial charge in [0.2, 0.25) is 5.89 Å². The fraction of sp³-hybridized carbons (Fsp3) is 0.143. The van der Waals surface area contributed by atoms with Crippen LogP contribution in [0.1, 0.15) is 11.6 Å². The van der Waals surface area contributed by atoms with E-state index in [0.717, 1.165) is 5.69 Å². The van der Waals surface area contributed by atoms with Crippen LogP contribution >= 0.6 is 23.2 Å². The number of fused-ring (bicyclic) bond motifs is 1. The van der Waals surface area contributed by atoms with Crippen molar-refractivity contribution in [1.82, 2.24) is 9.97 Å². The molecule has 0 aliphatic carbocycles. The third kappa shape index (κ3) is 2.71. The van der Waals surface area contributed by atoms with Gasteiger partial charge in [-0.2, -0.15) is 4.98 Å². The van der Waals surface area contributed by atoms with Crippen LogP contribution in [0.15, 0.2) is 34.7 Å². The molecule has 4 nitrogen and oxygen atoms in total. The average Bonchev–Trinajstić information content (AvgIpc) is 2.79. The summed E-state index contributed by atoms with van der Waals surface area (Å²) in [4.78, 5) is 8.54. The monoisotopic (exact) mass is 308 g/mol. The predicted molar refractivity (Wildman–Crippen MR) is 77.3 cm³/mol. The molecule has 0 fully saturated rings. The Morgan fingerprint density at radius 3 is 2.80 bits per heavy atom. The van der Waals surface area contributed by atoms with Gasteiger partial charge in [0.05, 0.1) is 5.02 Å². The zero-order chi connectivity index (χ0) is 14.1. The second-order valence-electron chi connectivity index (χ2n) is 4.25. The topological polar surface area (TPSA) is 48.2 Å². The fourth-order valence-electron chi connectivity index (χ4n) is 1.75. The van der Waals surface area contributed by atoms with E-state index in [2.05, 4.69) is 9.97 Å². The van der Waals surface area contributed by atoms with E-state index in [1.165, 1.54) is 0 Å². The number of halogens is 2. The molecule has 3 rings (SSSR count). The first-order chi connectivity index (χ1) is 9.61. The van der Waals surface area contributed by atoms with Crippen LogP contribution in [0.2, 0.25) is 10.0 Å². The predicted octanol–water partition coefficient (Wildman–Crippen LogP) is 4.42. The highest BCUT2D eigenvalue weighted by atomic mass is 35.5. The minimum absolute atomic E-state index is 0.177. The molecule has 0 saturated heterocycles. The van der Waals surface area contributed by atoms with Crippen LogP contribution in [0, 0.1) is 6.92 Å². The average molecular weight is 309 g/mol. The number of nitrogens with zero attached hydrogens (tertiary/aromatic N) is 2. The highest BCUT2D eigenvalue weighted by Gasteiger charge is 2.09. The maximum Gasteiger partial charge on any atom is 0.235 e. The summed E-state index contributed by atoms with van der Waals surface area (Å²) in [5.41, 5.74) is 2.10. The lowest BCUT2D eigenvalue weighted by molar-refractivity contribution is 0.267. The summed E-state index contributed by atoms with van der Waals surface area (Å²) in [7, 11) is 0. The highest BCUT2D eigenvalue weighted by Crippen LogP contribution is 2.28. The molecule has 20 heavy (non-hydrogen) atoms. The molecule has 0 N–H and O–H groups in total. The molecule has 0 amide bonds. The molecule has 0 unspecified atom stereocenters. The number of ether oxygens (including phenoxy) is 1. The van der Waals surface area contributed by atoms with E-state index in [9.17, 15) is 0 Å². The smallest absolute Gasteiger partial charge is 0.235 e. The van der Waals surface area contributed by atoms with Gasteiger partial charge in [-0.25, -0.2) is 4.98 Å². The molecule has 3 aromatic rings. The van der Waals surface area contributed by atoms with Crippen LogP contribution in [-0.4, -0.2) is 9.97 Å². The third-order valence-electron chi connectivity index (χ3n) is 2.68. The number of pyridine rings is 1. The van der Waals surface area contributed by atoms with Gasteiger partial charge in [-0.1, -0.05) is 23.2 Å². The summed E-state index contributed by atoms with van der Waals surface area (Å²) in [6.07, 6.45) is 0. The molecule has 0 atom stereocenters. The van der Waals surface area contributed by atoms with E-state index < -0.39 is 0 Å². The van der Waals surface area contributed by atoms with E-state index in [-0.39, 0.29) is 6.61 Å². The number of hydrogen-bond acceptors (Lipinski definition) is 4. The van der Waals surface area contributed by atoms with Crippen LogP contribution in [0.25, 0.3) is 11.2 Å². The van der Waals surface area contributed by atoms with E-state index in [1.807, 2.05) is 19.1 Å². The van der Waals surface area contributed by atoms with Crippen molar-refractivity contribution in [2.45, 2.75) is 13.5 Å². The molecular formula is C14H10Cl2N2O2. The number of oxazole rings is 1. The maximum absolute atomic E-state index is 6.02. The first-order valence-electron chi connectivity index (χ1n) is 5.93. The molecule has 0 spiro atoms. The molecule has 6 heteroatoms. The first kappa shape index (κ1) is 13.2. The molecule has 0 aliphatic heterocycles. The third-order valence-corrected chi connectivity index (χ3v) is 3.21. The summed E-state index contributed by atoms with van der Waals surface area (Å²) < 4.78 is 11.1. The van der Waals surface area contributed by atoms with Gasteiger partial charge in [0.1, 0.15) is 5.75 Å². The van der Waals surface area contributed by atoms with Gasteiger partial charge in [0.15, 0.2) is 17.8 Å². The molecule has 0 radical (unpaired) electrons. The lowest BCUT2D eigenvalue weighted by Gasteiger charge is -2.05. The van der Waals surface area contributed by atoms with Crippen molar-refractivity contribution in [1.29, 1.82) is 0 Å². The molecule has 0 bridgehead atoms. The fourth-order valence-corrected chi connectivity index (χ4v) is 2.21. The summed E-state index contributed by atoms with van der Waals surface area (Å²) in [6, 6.07) is 8.74. The van der Waals surface area contributed by atoms with E-state index in [4.69, 9.17) is 32.4 Å². The Hall–Kier alpha value is -1.78. The molecule has 0 aliphatic rings. The molecule has 2 heterocycles. The van der Waals surface area contributed by atoms with Crippen LogP contribution < -0.4 is 4.74 Å². The molecular weight excluding hydrogens is 299 g/mol. The summed E-state index contributed by atoms with van der Waals surface area (Å²) in [5.74, 6) is 0.978. The number of aromatic nitrogens is 2. The van der Waals surface area contributed by atoms with E-state index in [0.29, 0.717) is 32.9 Å². The van der Waals surface area contributed by atoms with Crippen molar-refractivity contribution in [3.8, 4) is 5.75 Å². The Labute approximate surface area is 125 Å². The van der Waals surface area contributed by atoms with Gasteiger partial charge in [0.25, 0.3) is 0 Å². The van der Waals surface area contributed by atoms with Crippen LogP contribution in [0.5, 0.6) is 5.75 Å². The normalized spacial score (nSPS) is 10.9. The van der Waals surface area contributed by atoms with Crippen LogP contribution in [-0.2, 0) is 6.61 Å². The lowest BCUT2D eigenvalue weighted by Crippen LogP contribution is -1.96. The number of hydrogen-bond donors (Lipinski definition) is 0. The maximum atomic E-state index is 6.02. The van der Waals surface area contributed by atoms with Crippen molar-refractivity contribution in [2.75, 3.05) is 0 Å². The van der Waals surface area contributed by atoms with Gasteiger partial charge < -0.3 is 9.15 Å². The summed E-state index contributed by atoms with van der Waals surface area (Å²) in [5, 5.41) is 1.01. The van der Waals surface area contributed by atoms with Crippen LogP contribution in [0.3, 0.4) is 0 Å².